The Hall–Kier alpha value is -0.0400. The molecule has 0 N–H and O–H groups in total. The van der Waals surface area contributed by atoms with E-state index in [0.29, 0.717) is 0 Å². The summed E-state index contributed by atoms with van der Waals surface area (Å²) in [6.07, 6.45) is 13.6. The highest BCUT2D eigenvalue weighted by Gasteiger charge is 2.18. The molecule has 2 rings (SSSR count). The van der Waals surface area contributed by atoms with Crippen molar-refractivity contribution in [3.8, 4) is 0 Å². The largest absolute Gasteiger partial charge is 0.306 e. The van der Waals surface area contributed by atoms with Crippen molar-refractivity contribution < 1.29 is 0 Å². The van der Waals surface area contributed by atoms with Gasteiger partial charge in [0.1, 0.15) is 0 Å². The van der Waals surface area contributed by atoms with E-state index in [1.807, 2.05) is 0 Å². The summed E-state index contributed by atoms with van der Waals surface area (Å²) >= 11 is 0. The van der Waals surface area contributed by atoms with Crippen LogP contribution in [0, 0.1) is 11.8 Å². The molecule has 1 saturated carbocycles. The molecule has 1 aliphatic heterocycles. The van der Waals surface area contributed by atoms with E-state index in [1.165, 1.54) is 70.9 Å². The van der Waals surface area contributed by atoms with Gasteiger partial charge in [-0.05, 0) is 44.8 Å². The maximum Gasteiger partial charge on any atom is -0.00191 e. The Morgan fingerprint density at radius 2 is 1.40 bits per heavy atom. The van der Waals surface area contributed by atoms with E-state index in [4.69, 9.17) is 0 Å². The molecule has 2 fully saturated rings. The topological polar surface area (TPSA) is 3.24 Å². The molecule has 0 amide bonds. The molecule has 88 valence electrons. The van der Waals surface area contributed by atoms with Crippen molar-refractivity contribution in [1.82, 2.24) is 4.90 Å². The zero-order valence-corrected chi connectivity index (χ0v) is 10.4. The summed E-state index contributed by atoms with van der Waals surface area (Å²) in [7, 11) is 2.26. The van der Waals surface area contributed by atoms with Gasteiger partial charge < -0.3 is 4.90 Å². The fraction of sp³-hybridized carbons (Fsp3) is 1.00. The Labute approximate surface area is 95.2 Å². The average molecular weight is 209 g/mol. The number of piperidine rings is 1. The van der Waals surface area contributed by atoms with Crippen molar-refractivity contribution in [1.29, 1.82) is 0 Å². The summed E-state index contributed by atoms with van der Waals surface area (Å²) in [5.74, 6) is 2.17. The highest BCUT2D eigenvalue weighted by molar-refractivity contribution is 4.72. The fourth-order valence-electron chi connectivity index (χ4n) is 3.34. The predicted molar refractivity (Wildman–Crippen MR) is 66.0 cm³/mol. The van der Waals surface area contributed by atoms with Crippen molar-refractivity contribution in [2.24, 2.45) is 11.8 Å². The molecule has 0 aromatic heterocycles. The lowest BCUT2D eigenvalue weighted by atomic mass is 9.89. The Bertz CT molecular complexity index is 164. The molecule has 1 heterocycles. The first-order valence-corrected chi connectivity index (χ1v) is 7.03. The smallest absolute Gasteiger partial charge is 0.00191 e. The van der Waals surface area contributed by atoms with Crippen LogP contribution in [0.3, 0.4) is 0 Å². The molecule has 1 nitrogen and oxygen atoms in total. The van der Waals surface area contributed by atoms with E-state index < -0.39 is 0 Å². The van der Waals surface area contributed by atoms with Gasteiger partial charge in [-0.25, -0.2) is 0 Å². The quantitative estimate of drug-likeness (QED) is 0.682. The first-order valence-electron chi connectivity index (χ1n) is 7.03. The summed E-state index contributed by atoms with van der Waals surface area (Å²) in [6, 6.07) is 0. The zero-order chi connectivity index (χ0) is 10.5. The van der Waals surface area contributed by atoms with Gasteiger partial charge in [0.15, 0.2) is 0 Å². The zero-order valence-electron chi connectivity index (χ0n) is 10.4. The van der Waals surface area contributed by atoms with Crippen LogP contribution in [0.2, 0.25) is 0 Å². The van der Waals surface area contributed by atoms with Crippen molar-refractivity contribution >= 4 is 0 Å². The molecular formula is C14H27N. The van der Waals surface area contributed by atoms with Crippen molar-refractivity contribution in [3.63, 3.8) is 0 Å². The van der Waals surface area contributed by atoms with Gasteiger partial charge in [-0.2, -0.15) is 0 Å². The molecular weight excluding hydrogens is 182 g/mol. The Kier molecular flexibility index (Phi) is 4.49. The lowest BCUT2D eigenvalue weighted by molar-refractivity contribution is 0.207. The summed E-state index contributed by atoms with van der Waals surface area (Å²) in [5.41, 5.74) is 0. The van der Waals surface area contributed by atoms with Crippen LogP contribution in [0.1, 0.15) is 57.8 Å². The molecule has 1 saturated heterocycles. The van der Waals surface area contributed by atoms with Crippen LogP contribution in [0.5, 0.6) is 0 Å². The minimum absolute atomic E-state index is 1.06. The monoisotopic (exact) mass is 209 g/mol. The average Bonchev–Trinajstić information content (AvgIpc) is 2.74. The van der Waals surface area contributed by atoms with E-state index in [2.05, 4.69) is 11.9 Å². The minimum Gasteiger partial charge on any atom is -0.306 e. The highest BCUT2D eigenvalue weighted by atomic mass is 15.1. The van der Waals surface area contributed by atoms with Gasteiger partial charge in [-0.3, -0.25) is 0 Å². The number of hydrogen-bond acceptors (Lipinski definition) is 1. The lowest BCUT2D eigenvalue weighted by Crippen LogP contribution is -2.30. The molecule has 0 bridgehead atoms. The van der Waals surface area contributed by atoms with Crippen molar-refractivity contribution in [3.05, 3.63) is 0 Å². The van der Waals surface area contributed by atoms with Gasteiger partial charge in [-0.1, -0.05) is 44.9 Å². The normalized spacial score (nSPS) is 26.2. The first-order chi connectivity index (χ1) is 7.34. The molecule has 0 radical (unpaired) electrons. The molecule has 2 aliphatic rings. The van der Waals surface area contributed by atoms with E-state index >= 15 is 0 Å². The molecule has 0 spiro atoms. The van der Waals surface area contributed by atoms with Gasteiger partial charge in [0.2, 0.25) is 0 Å². The van der Waals surface area contributed by atoms with E-state index in [0.717, 1.165) is 11.8 Å². The van der Waals surface area contributed by atoms with Crippen LogP contribution in [-0.2, 0) is 0 Å². The molecule has 0 aromatic carbocycles. The second-order valence-electron chi connectivity index (χ2n) is 5.83. The van der Waals surface area contributed by atoms with Crippen molar-refractivity contribution in [2.75, 3.05) is 20.1 Å². The Morgan fingerprint density at radius 1 is 0.867 bits per heavy atom. The number of nitrogens with zero attached hydrogens (tertiary/aromatic N) is 1. The van der Waals surface area contributed by atoms with Crippen LogP contribution in [-0.4, -0.2) is 25.0 Å². The minimum atomic E-state index is 1.06. The van der Waals surface area contributed by atoms with Crippen LogP contribution in [0.15, 0.2) is 0 Å². The Balaban J connectivity index is 1.53. The third kappa shape index (κ3) is 3.79. The van der Waals surface area contributed by atoms with Crippen molar-refractivity contribution in [2.45, 2.75) is 57.8 Å². The first kappa shape index (κ1) is 11.4. The van der Waals surface area contributed by atoms with E-state index in [1.54, 1.807) is 0 Å². The van der Waals surface area contributed by atoms with Gasteiger partial charge in [0.05, 0.1) is 0 Å². The second kappa shape index (κ2) is 5.89. The maximum absolute atomic E-state index is 2.48. The summed E-state index contributed by atoms with van der Waals surface area (Å²) < 4.78 is 0. The van der Waals surface area contributed by atoms with Gasteiger partial charge in [0.25, 0.3) is 0 Å². The van der Waals surface area contributed by atoms with E-state index in [-0.39, 0.29) is 0 Å². The van der Waals surface area contributed by atoms with Gasteiger partial charge in [-0.15, -0.1) is 0 Å². The lowest BCUT2D eigenvalue weighted by Gasteiger charge is -2.29. The molecule has 0 atom stereocenters. The fourth-order valence-corrected chi connectivity index (χ4v) is 3.34. The molecule has 1 heteroatoms. The van der Waals surface area contributed by atoms with Gasteiger partial charge >= 0.3 is 0 Å². The molecule has 1 aliphatic carbocycles. The molecule has 0 unspecified atom stereocenters. The Morgan fingerprint density at radius 3 is 2.00 bits per heavy atom. The standard InChI is InChI=1S/C14H27N/c1-15-11-9-14(10-12-15)8-4-7-13-5-2-3-6-13/h13-14H,2-12H2,1H3. The van der Waals surface area contributed by atoms with Gasteiger partial charge in [0, 0.05) is 0 Å². The molecule has 0 aromatic rings. The third-order valence-corrected chi connectivity index (χ3v) is 4.54. The molecule has 15 heavy (non-hydrogen) atoms. The van der Waals surface area contributed by atoms with Crippen LogP contribution >= 0.6 is 0 Å². The number of rotatable bonds is 4. The predicted octanol–water partition coefficient (Wildman–Crippen LogP) is 3.69. The maximum atomic E-state index is 2.48. The van der Waals surface area contributed by atoms with E-state index in [9.17, 15) is 0 Å². The number of hydrogen-bond donors (Lipinski definition) is 0. The number of likely N-dealkylation sites (tertiary alicyclic amines) is 1. The second-order valence-corrected chi connectivity index (χ2v) is 5.83. The third-order valence-electron chi connectivity index (χ3n) is 4.54. The summed E-state index contributed by atoms with van der Waals surface area (Å²) in [6.45, 7) is 2.68. The SMILES string of the molecule is CN1CCC(CCCC2CCCC2)CC1. The van der Waals surface area contributed by atoms with Crippen LogP contribution in [0.4, 0.5) is 0 Å². The summed E-state index contributed by atoms with van der Waals surface area (Å²) in [5, 5.41) is 0. The summed E-state index contributed by atoms with van der Waals surface area (Å²) in [4.78, 5) is 2.48. The highest BCUT2D eigenvalue weighted by Crippen LogP contribution is 2.30. The van der Waals surface area contributed by atoms with Crippen LogP contribution < -0.4 is 0 Å². The van der Waals surface area contributed by atoms with Crippen LogP contribution in [0.25, 0.3) is 0 Å².